The predicted octanol–water partition coefficient (Wildman–Crippen LogP) is 3.53. The van der Waals surface area contributed by atoms with Crippen molar-refractivity contribution in [2.45, 2.75) is 30.7 Å². The van der Waals surface area contributed by atoms with Crippen LogP contribution in [0.5, 0.6) is 0 Å². The Labute approximate surface area is 181 Å². The van der Waals surface area contributed by atoms with E-state index in [1.165, 1.54) is 23.1 Å². The fraction of sp³-hybridized carbons (Fsp3) is 0.278. The van der Waals surface area contributed by atoms with Gasteiger partial charge in [-0.05, 0) is 38.1 Å². The molecule has 0 aliphatic rings. The molecule has 2 N–H and O–H groups in total. The quantitative estimate of drug-likeness (QED) is 0.534. The number of thiazole rings is 1. The molecule has 0 saturated carbocycles. The minimum absolute atomic E-state index is 0.0612. The van der Waals surface area contributed by atoms with Gasteiger partial charge in [-0.25, -0.2) is 4.98 Å². The van der Waals surface area contributed by atoms with Crippen molar-refractivity contribution in [3.05, 3.63) is 46.2 Å². The number of hydrogen-bond donors (Lipinski definition) is 2. The first kappa shape index (κ1) is 21.3. The Morgan fingerprint density at radius 2 is 1.97 bits per heavy atom. The van der Waals surface area contributed by atoms with Gasteiger partial charge in [-0.2, -0.15) is 0 Å². The van der Waals surface area contributed by atoms with Crippen LogP contribution in [0.25, 0.3) is 0 Å². The van der Waals surface area contributed by atoms with Crippen LogP contribution in [0.3, 0.4) is 0 Å². The summed E-state index contributed by atoms with van der Waals surface area (Å²) in [5.74, 6) is 0.112. The molecule has 152 valence electrons. The average molecular weight is 451 g/mol. The maximum atomic E-state index is 12.4. The van der Waals surface area contributed by atoms with Gasteiger partial charge in [0.05, 0.1) is 17.4 Å². The highest BCUT2D eigenvalue weighted by molar-refractivity contribution is 8.00. The number of thioether (sulfide) groups is 1. The molecule has 0 fully saturated rings. The molecular formula is C18H19ClN6O2S2. The van der Waals surface area contributed by atoms with E-state index < -0.39 is 5.25 Å². The summed E-state index contributed by atoms with van der Waals surface area (Å²) in [5, 5.41) is 16.9. The van der Waals surface area contributed by atoms with E-state index in [9.17, 15) is 9.59 Å². The summed E-state index contributed by atoms with van der Waals surface area (Å²) < 4.78 is 1.71. The van der Waals surface area contributed by atoms with E-state index in [1.807, 2.05) is 12.3 Å². The van der Waals surface area contributed by atoms with Crippen molar-refractivity contribution in [1.29, 1.82) is 0 Å². The van der Waals surface area contributed by atoms with Crippen molar-refractivity contribution in [3.63, 3.8) is 0 Å². The predicted molar refractivity (Wildman–Crippen MR) is 116 cm³/mol. The third-order valence-corrected chi connectivity index (χ3v) is 6.13. The molecule has 0 unspecified atom stereocenters. The van der Waals surface area contributed by atoms with E-state index in [-0.39, 0.29) is 18.2 Å². The molecule has 3 aromatic rings. The largest absolute Gasteiger partial charge is 0.326 e. The Balaban J connectivity index is 1.57. The molecule has 3 rings (SSSR count). The number of carbonyl (C=O) groups is 2. The first-order chi connectivity index (χ1) is 13.8. The van der Waals surface area contributed by atoms with Gasteiger partial charge in [0.15, 0.2) is 10.3 Å². The number of carbonyl (C=O) groups excluding carboxylic acids is 2. The summed E-state index contributed by atoms with van der Waals surface area (Å²) in [4.78, 5) is 28.8. The lowest BCUT2D eigenvalue weighted by Gasteiger charge is -2.10. The summed E-state index contributed by atoms with van der Waals surface area (Å²) in [6.45, 7) is 3.65. The monoisotopic (exact) mass is 450 g/mol. The van der Waals surface area contributed by atoms with E-state index in [0.717, 1.165) is 5.69 Å². The third kappa shape index (κ3) is 5.78. The van der Waals surface area contributed by atoms with Gasteiger partial charge in [-0.15, -0.1) is 21.5 Å². The number of rotatable bonds is 7. The molecular weight excluding hydrogens is 432 g/mol. The summed E-state index contributed by atoms with van der Waals surface area (Å²) >= 11 is 8.49. The molecule has 0 bridgehead atoms. The summed E-state index contributed by atoms with van der Waals surface area (Å²) in [7, 11) is 1.77. The molecule has 29 heavy (non-hydrogen) atoms. The molecule has 0 aliphatic heterocycles. The number of halogens is 1. The van der Waals surface area contributed by atoms with Crippen molar-refractivity contribution < 1.29 is 9.59 Å². The molecule has 0 radical (unpaired) electrons. The lowest BCUT2D eigenvalue weighted by atomic mass is 10.3. The maximum absolute atomic E-state index is 12.4. The average Bonchev–Trinajstić information content (AvgIpc) is 3.23. The number of aromatic nitrogens is 4. The van der Waals surface area contributed by atoms with Gasteiger partial charge in [-0.1, -0.05) is 23.4 Å². The first-order valence-electron chi connectivity index (χ1n) is 8.65. The second-order valence-corrected chi connectivity index (χ2v) is 8.84. The van der Waals surface area contributed by atoms with Crippen molar-refractivity contribution in [3.8, 4) is 0 Å². The second kappa shape index (κ2) is 9.38. The number of amides is 2. The van der Waals surface area contributed by atoms with Crippen LogP contribution in [0.1, 0.15) is 18.4 Å². The molecule has 1 aromatic carbocycles. The molecule has 0 spiro atoms. The number of benzene rings is 1. The number of anilines is 2. The lowest BCUT2D eigenvalue weighted by molar-refractivity contribution is -0.116. The van der Waals surface area contributed by atoms with Gasteiger partial charge in [-0.3, -0.25) is 9.59 Å². The zero-order valence-corrected chi connectivity index (χ0v) is 18.4. The number of nitrogens with one attached hydrogen (secondary N) is 2. The fourth-order valence-electron chi connectivity index (χ4n) is 2.31. The minimum Gasteiger partial charge on any atom is -0.326 e. The Morgan fingerprint density at radius 1 is 1.24 bits per heavy atom. The van der Waals surface area contributed by atoms with Crippen LogP contribution in [0, 0.1) is 6.92 Å². The van der Waals surface area contributed by atoms with E-state index >= 15 is 0 Å². The summed E-state index contributed by atoms with van der Waals surface area (Å²) in [6.07, 6.45) is 0.0612. The Bertz CT molecular complexity index is 1020. The molecule has 2 amide bonds. The highest BCUT2D eigenvalue weighted by Crippen LogP contribution is 2.24. The lowest BCUT2D eigenvalue weighted by Crippen LogP contribution is -2.23. The third-order valence-electron chi connectivity index (χ3n) is 3.87. The number of nitrogens with zero attached hydrogens (tertiary/aromatic N) is 4. The zero-order chi connectivity index (χ0) is 21.0. The fourth-order valence-corrected chi connectivity index (χ4v) is 3.96. The van der Waals surface area contributed by atoms with Gasteiger partial charge < -0.3 is 15.2 Å². The summed E-state index contributed by atoms with van der Waals surface area (Å²) in [6, 6.07) is 6.85. The Kier molecular flexibility index (Phi) is 6.88. The smallest absolute Gasteiger partial charge is 0.239 e. The Hall–Kier alpha value is -2.43. The zero-order valence-electron chi connectivity index (χ0n) is 16.0. The van der Waals surface area contributed by atoms with Gasteiger partial charge in [0.25, 0.3) is 0 Å². The van der Waals surface area contributed by atoms with E-state index in [0.29, 0.717) is 26.8 Å². The van der Waals surface area contributed by atoms with E-state index in [2.05, 4.69) is 25.8 Å². The van der Waals surface area contributed by atoms with Gasteiger partial charge >= 0.3 is 0 Å². The van der Waals surface area contributed by atoms with Gasteiger partial charge in [0.2, 0.25) is 11.8 Å². The Morgan fingerprint density at radius 3 is 2.62 bits per heavy atom. The minimum atomic E-state index is -0.405. The van der Waals surface area contributed by atoms with Gasteiger partial charge in [0.1, 0.15) is 5.82 Å². The highest BCUT2D eigenvalue weighted by atomic mass is 35.5. The second-order valence-electron chi connectivity index (χ2n) is 6.23. The normalized spacial score (nSPS) is 11.9. The van der Waals surface area contributed by atoms with Crippen LogP contribution < -0.4 is 10.6 Å². The molecule has 8 nitrogen and oxygen atoms in total. The number of aryl methyl sites for hydroxylation is 1. The number of hydrogen-bond acceptors (Lipinski definition) is 7. The van der Waals surface area contributed by atoms with E-state index in [1.54, 1.807) is 42.8 Å². The maximum Gasteiger partial charge on any atom is 0.239 e. The first-order valence-corrected chi connectivity index (χ1v) is 10.8. The van der Waals surface area contributed by atoms with Crippen LogP contribution >= 0.6 is 34.7 Å². The van der Waals surface area contributed by atoms with Crippen LogP contribution in [0.2, 0.25) is 5.02 Å². The van der Waals surface area contributed by atoms with Gasteiger partial charge in [0, 0.05) is 23.1 Å². The SMILES string of the molecule is Cc1csc(NC(=O)[C@H](C)Sc2nnc(CC(=O)Nc3ccc(Cl)cc3)n2C)n1. The summed E-state index contributed by atoms with van der Waals surface area (Å²) in [5.41, 5.74) is 1.51. The molecule has 0 aliphatic carbocycles. The molecule has 0 saturated heterocycles. The van der Waals surface area contributed by atoms with E-state index in [4.69, 9.17) is 11.6 Å². The van der Waals surface area contributed by atoms with Crippen molar-refractivity contribution in [2.24, 2.45) is 7.05 Å². The molecule has 2 heterocycles. The van der Waals surface area contributed by atoms with Crippen LogP contribution in [0.15, 0.2) is 34.8 Å². The van der Waals surface area contributed by atoms with Crippen molar-refractivity contribution in [1.82, 2.24) is 19.7 Å². The van der Waals surface area contributed by atoms with Crippen molar-refractivity contribution in [2.75, 3.05) is 10.6 Å². The van der Waals surface area contributed by atoms with Crippen LogP contribution in [-0.2, 0) is 23.1 Å². The molecule has 2 aromatic heterocycles. The van der Waals surface area contributed by atoms with Crippen LogP contribution in [-0.4, -0.2) is 36.8 Å². The molecule has 11 heteroatoms. The highest BCUT2D eigenvalue weighted by Gasteiger charge is 2.20. The topological polar surface area (TPSA) is 102 Å². The van der Waals surface area contributed by atoms with Crippen molar-refractivity contribution >= 4 is 57.3 Å². The standard InChI is InChI=1S/C18H19ClN6O2S2/c1-10-9-28-17(20-10)22-16(27)11(2)29-18-24-23-14(25(18)3)8-15(26)21-13-6-4-12(19)5-7-13/h4-7,9,11H,8H2,1-3H3,(H,21,26)(H,20,22,27)/t11-/m0/s1. The molecule has 1 atom stereocenters. The van der Waals surface area contributed by atoms with Crippen LogP contribution in [0.4, 0.5) is 10.8 Å².